The minimum atomic E-state index is -4.30. The maximum Gasteiger partial charge on any atom is 0.278 e. The fourth-order valence-corrected chi connectivity index (χ4v) is 5.34. The first-order chi connectivity index (χ1) is 15.8. The van der Waals surface area contributed by atoms with Crippen LogP contribution in [-0.4, -0.2) is 39.6 Å². The predicted octanol–water partition coefficient (Wildman–Crippen LogP) is 3.08. The minimum Gasteiger partial charge on any atom is -0.368 e. The Kier molecular flexibility index (Phi) is 5.74. The van der Waals surface area contributed by atoms with Gasteiger partial charge in [-0.25, -0.2) is 35.9 Å². The maximum atomic E-state index is 14.8. The standard InChI is InChI=1S/C20H20F4N6O3S/c1-9(2)30-17-14(7-26-19(25)28-17)27-15(18(30)31)11-3-12(21)16(13(22)4-11)29-34(32,33)8-10-5-20(23,24)6-10/h3-4,7,9-10,29H,5-6,8H2,1-2H3,(H2,25,26,28). The Bertz CT molecular complexity index is 1430. The van der Waals surface area contributed by atoms with Crippen molar-refractivity contribution in [2.75, 3.05) is 16.2 Å². The molecular weight excluding hydrogens is 480 g/mol. The van der Waals surface area contributed by atoms with Gasteiger partial charge in [-0.1, -0.05) is 0 Å². The van der Waals surface area contributed by atoms with Crippen LogP contribution in [0.3, 0.4) is 0 Å². The van der Waals surface area contributed by atoms with Crippen molar-refractivity contribution in [3.05, 3.63) is 40.3 Å². The Labute approximate surface area is 191 Å². The second-order valence-corrected chi connectivity index (χ2v) is 10.3. The number of fused-ring (bicyclic) bond motifs is 1. The first-order valence-corrected chi connectivity index (χ1v) is 11.8. The summed E-state index contributed by atoms with van der Waals surface area (Å²) >= 11 is 0. The van der Waals surface area contributed by atoms with E-state index < -0.39 is 69.4 Å². The highest BCUT2D eigenvalue weighted by Crippen LogP contribution is 2.43. The van der Waals surface area contributed by atoms with E-state index in [2.05, 4.69) is 15.0 Å². The highest BCUT2D eigenvalue weighted by atomic mass is 32.2. The number of nitrogens with one attached hydrogen (secondary N) is 1. The van der Waals surface area contributed by atoms with E-state index in [0.717, 1.165) is 12.1 Å². The Hall–Kier alpha value is -3.29. The molecule has 0 unspecified atom stereocenters. The largest absolute Gasteiger partial charge is 0.368 e. The van der Waals surface area contributed by atoms with Gasteiger partial charge < -0.3 is 5.73 Å². The molecule has 1 aliphatic carbocycles. The molecule has 2 heterocycles. The second-order valence-electron chi connectivity index (χ2n) is 8.49. The number of nitrogens with zero attached hydrogens (tertiary/aromatic N) is 4. The number of benzene rings is 1. The van der Waals surface area contributed by atoms with Gasteiger partial charge in [0, 0.05) is 24.4 Å². The Morgan fingerprint density at radius 1 is 1.21 bits per heavy atom. The second kappa shape index (κ2) is 8.18. The molecule has 0 radical (unpaired) electrons. The van der Waals surface area contributed by atoms with Crippen LogP contribution in [0.5, 0.6) is 0 Å². The molecule has 34 heavy (non-hydrogen) atoms. The molecule has 4 rings (SSSR count). The summed E-state index contributed by atoms with van der Waals surface area (Å²) in [4.78, 5) is 25.0. The van der Waals surface area contributed by atoms with E-state index in [0.29, 0.717) is 0 Å². The summed E-state index contributed by atoms with van der Waals surface area (Å²) in [7, 11) is -4.30. The molecule has 0 bridgehead atoms. The van der Waals surface area contributed by atoms with E-state index in [1.807, 2.05) is 0 Å². The number of halogens is 4. The zero-order chi connectivity index (χ0) is 25.0. The number of alkyl halides is 2. The highest BCUT2D eigenvalue weighted by Gasteiger charge is 2.46. The van der Waals surface area contributed by atoms with Gasteiger partial charge in [0.1, 0.15) is 16.9 Å². The van der Waals surface area contributed by atoms with Crippen LogP contribution in [0.1, 0.15) is 32.7 Å². The number of nitrogen functional groups attached to an aromatic ring is 1. The number of nitrogens with two attached hydrogens (primary N) is 1. The van der Waals surface area contributed by atoms with Gasteiger partial charge in [-0.2, -0.15) is 4.98 Å². The van der Waals surface area contributed by atoms with Gasteiger partial charge in [0.25, 0.3) is 5.56 Å². The molecule has 0 atom stereocenters. The molecule has 3 aromatic rings. The number of anilines is 2. The molecular formula is C20H20F4N6O3S. The summed E-state index contributed by atoms with van der Waals surface area (Å²) in [5, 5.41) is 0. The lowest BCUT2D eigenvalue weighted by Gasteiger charge is -2.34. The van der Waals surface area contributed by atoms with E-state index in [-0.39, 0.29) is 28.4 Å². The molecule has 9 nitrogen and oxygen atoms in total. The molecule has 0 aliphatic heterocycles. The van der Waals surface area contributed by atoms with Gasteiger partial charge in [-0.3, -0.25) is 14.1 Å². The first-order valence-electron chi connectivity index (χ1n) is 10.2. The summed E-state index contributed by atoms with van der Waals surface area (Å²) in [5.41, 5.74) is 3.67. The normalized spacial score (nSPS) is 16.1. The maximum absolute atomic E-state index is 14.8. The monoisotopic (exact) mass is 500 g/mol. The van der Waals surface area contributed by atoms with E-state index in [1.54, 1.807) is 18.6 Å². The third-order valence-corrected chi connectivity index (χ3v) is 6.80. The lowest BCUT2D eigenvalue weighted by molar-refractivity contribution is -0.103. The predicted molar refractivity (Wildman–Crippen MR) is 117 cm³/mol. The zero-order valence-corrected chi connectivity index (χ0v) is 18.8. The number of rotatable bonds is 6. The zero-order valence-electron chi connectivity index (χ0n) is 18.0. The molecule has 0 spiro atoms. The molecule has 3 N–H and O–H groups in total. The number of aromatic nitrogens is 4. The Morgan fingerprint density at radius 2 is 1.82 bits per heavy atom. The summed E-state index contributed by atoms with van der Waals surface area (Å²) < 4.78 is 83.0. The van der Waals surface area contributed by atoms with E-state index >= 15 is 0 Å². The van der Waals surface area contributed by atoms with Gasteiger partial charge in [0.05, 0.1) is 11.9 Å². The fraction of sp³-hybridized carbons (Fsp3) is 0.400. The van der Waals surface area contributed by atoms with E-state index in [4.69, 9.17) is 5.73 Å². The average molecular weight is 500 g/mol. The smallest absolute Gasteiger partial charge is 0.278 e. The third-order valence-electron chi connectivity index (χ3n) is 5.37. The van der Waals surface area contributed by atoms with Gasteiger partial charge >= 0.3 is 0 Å². The lowest BCUT2D eigenvalue weighted by Crippen LogP contribution is -2.40. The third kappa shape index (κ3) is 4.54. The molecule has 0 saturated heterocycles. The van der Waals surface area contributed by atoms with Crippen molar-refractivity contribution >= 4 is 32.8 Å². The van der Waals surface area contributed by atoms with Crippen LogP contribution in [-0.2, 0) is 10.0 Å². The molecule has 1 aromatic carbocycles. The van der Waals surface area contributed by atoms with Crippen molar-refractivity contribution in [2.45, 2.75) is 38.7 Å². The average Bonchev–Trinajstić information content (AvgIpc) is 2.68. The van der Waals surface area contributed by atoms with Crippen molar-refractivity contribution in [1.29, 1.82) is 0 Å². The van der Waals surface area contributed by atoms with Crippen LogP contribution >= 0.6 is 0 Å². The van der Waals surface area contributed by atoms with Gasteiger partial charge in [-0.05, 0) is 31.9 Å². The molecule has 2 aromatic heterocycles. The van der Waals surface area contributed by atoms with Crippen LogP contribution in [0.4, 0.5) is 29.2 Å². The van der Waals surface area contributed by atoms with Crippen molar-refractivity contribution in [3.63, 3.8) is 0 Å². The number of sulfonamides is 1. The fourth-order valence-electron chi connectivity index (χ4n) is 3.90. The molecule has 182 valence electrons. The van der Waals surface area contributed by atoms with Crippen molar-refractivity contribution < 1.29 is 26.0 Å². The van der Waals surface area contributed by atoms with Crippen LogP contribution in [0.15, 0.2) is 23.1 Å². The summed E-state index contributed by atoms with van der Waals surface area (Å²) in [5.74, 6) is -7.13. The summed E-state index contributed by atoms with van der Waals surface area (Å²) in [6, 6.07) is 1.11. The molecule has 14 heteroatoms. The van der Waals surface area contributed by atoms with Crippen molar-refractivity contribution in [3.8, 4) is 11.3 Å². The first kappa shape index (κ1) is 23.9. The number of hydrogen-bond acceptors (Lipinski definition) is 7. The molecule has 1 saturated carbocycles. The van der Waals surface area contributed by atoms with Crippen LogP contribution in [0, 0.1) is 17.6 Å². The van der Waals surface area contributed by atoms with Gasteiger partial charge in [-0.15, -0.1) is 0 Å². The van der Waals surface area contributed by atoms with E-state index in [1.165, 1.54) is 10.8 Å². The SMILES string of the molecule is CC(C)n1c(=O)c(-c2cc(F)c(NS(=O)(=O)CC3CC(F)(F)C3)c(F)c2)nc2cnc(N)nc21. The molecule has 0 amide bonds. The molecule has 1 aliphatic rings. The van der Waals surface area contributed by atoms with Crippen LogP contribution < -0.4 is 16.0 Å². The lowest BCUT2D eigenvalue weighted by atomic mass is 9.83. The summed E-state index contributed by atoms with van der Waals surface area (Å²) in [6.07, 6.45) is 0.0462. The van der Waals surface area contributed by atoms with Crippen molar-refractivity contribution in [1.82, 2.24) is 19.5 Å². The highest BCUT2D eigenvalue weighted by molar-refractivity contribution is 7.92. The van der Waals surface area contributed by atoms with Crippen LogP contribution in [0.25, 0.3) is 22.4 Å². The Morgan fingerprint density at radius 3 is 2.38 bits per heavy atom. The van der Waals surface area contributed by atoms with E-state index in [9.17, 15) is 30.8 Å². The van der Waals surface area contributed by atoms with Gasteiger partial charge in [0.15, 0.2) is 17.3 Å². The van der Waals surface area contributed by atoms with Gasteiger partial charge in [0.2, 0.25) is 21.9 Å². The topological polar surface area (TPSA) is 133 Å². The number of hydrogen-bond donors (Lipinski definition) is 2. The van der Waals surface area contributed by atoms with Crippen molar-refractivity contribution in [2.24, 2.45) is 5.92 Å². The molecule has 1 fully saturated rings. The Balaban J connectivity index is 1.72. The minimum absolute atomic E-state index is 0.0878. The van der Waals surface area contributed by atoms with Crippen LogP contribution in [0.2, 0.25) is 0 Å². The summed E-state index contributed by atoms with van der Waals surface area (Å²) in [6.45, 7) is 3.39. The quantitative estimate of drug-likeness (QED) is 0.497.